The average molecular weight is 362 g/mol. The number of benzene rings is 1. The van der Waals surface area contributed by atoms with Crippen molar-refractivity contribution >= 4 is 27.5 Å². The monoisotopic (exact) mass is 360 g/mol. The van der Waals surface area contributed by atoms with E-state index in [-0.39, 0.29) is 0 Å². The molecule has 0 heterocycles. The molecule has 1 N–H and O–H groups in total. The van der Waals surface area contributed by atoms with Crippen LogP contribution in [0, 0.1) is 5.92 Å². The van der Waals surface area contributed by atoms with E-state index in [0.717, 1.165) is 34.1 Å². The van der Waals surface area contributed by atoms with Crippen molar-refractivity contribution in [1.29, 1.82) is 0 Å². The molecule has 0 radical (unpaired) electrons. The lowest BCUT2D eigenvalue weighted by Crippen LogP contribution is -2.42. The highest BCUT2D eigenvalue weighted by molar-refractivity contribution is 9.10. The molecule has 0 saturated heterocycles. The lowest BCUT2D eigenvalue weighted by molar-refractivity contribution is 0.194. The van der Waals surface area contributed by atoms with Gasteiger partial charge in [0.15, 0.2) is 0 Å². The molecule has 0 aliphatic heterocycles. The quantitative estimate of drug-likeness (QED) is 0.730. The first-order valence-electron chi connectivity index (χ1n) is 7.30. The predicted molar refractivity (Wildman–Crippen MR) is 92.4 cm³/mol. The Hall–Kier alpha value is -0.0900. The number of hydrogen-bond acceptors (Lipinski definition) is 2. The fourth-order valence-electron chi connectivity index (χ4n) is 2.64. The van der Waals surface area contributed by atoms with E-state index >= 15 is 0 Å². The molecular formula is C16H26BrClN2. The summed E-state index contributed by atoms with van der Waals surface area (Å²) in [4.78, 5) is 2.33. The number of hydrogen-bond donors (Lipinski definition) is 1. The highest BCUT2D eigenvalue weighted by atomic mass is 79.9. The minimum atomic E-state index is 0.566. The maximum atomic E-state index is 6.22. The standard InChI is InChI=1S/C16H26BrClN2/c1-5-12(6-2)16(20(3)4)11-19-10-13-9-14(17)7-8-15(13)18/h7-9,12,16,19H,5-6,10-11H2,1-4H3. The lowest BCUT2D eigenvalue weighted by Gasteiger charge is -2.31. The van der Waals surface area contributed by atoms with Crippen molar-refractivity contribution in [3.05, 3.63) is 33.3 Å². The van der Waals surface area contributed by atoms with Gasteiger partial charge in [-0.15, -0.1) is 0 Å². The molecule has 2 nitrogen and oxygen atoms in total. The highest BCUT2D eigenvalue weighted by Crippen LogP contribution is 2.21. The molecule has 0 aromatic heterocycles. The molecule has 0 aliphatic rings. The summed E-state index contributed by atoms with van der Waals surface area (Å²) in [6, 6.07) is 6.55. The minimum Gasteiger partial charge on any atom is -0.311 e. The Morgan fingerprint density at radius 1 is 1.25 bits per heavy atom. The van der Waals surface area contributed by atoms with Crippen LogP contribution < -0.4 is 5.32 Å². The van der Waals surface area contributed by atoms with Gasteiger partial charge in [-0.1, -0.05) is 54.2 Å². The first-order chi connectivity index (χ1) is 9.49. The number of rotatable bonds is 8. The summed E-state index contributed by atoms with van der Waals surface area (Å²) in [6.45, 7) is 6.34. The molecule has 0 fully saturated rings. The van der Waals surface area contributed by atoms with Crippen LogP contribution in [0.25, 0.3) is 0 Å². The van der Waals surface area contributed by atoms with Crippen LogP contribution in [0.3, 0.4) is 0 Å². The second-order valence-electron chi connectivity index (χ2n) is 5.47. The van der Waals surface area contributed by atoms with E-state index in [0.29, 0.717) is 6.04 Å². The van der Waals surface area contributed by atoms with Crippen LogP contribution in [0.2, 0.25) is 5.02 Å². The van der Waals surface area contributed by atoms with Gasteiger partial charge in [0.2, 0.25) is 0 Å². The van der Waals surface area contributed by atoms with Gasteiger partial charge in [0.25, 0.3) is 0 Å². The number of likely N-dealkylation sites (N-methyl/N-ethyl adjacent to an activating group) is 1. The van der Waals surface area contributed by atoms with Crippen molar-refractivity contribution < 1.29 is 0 Å². The van der Waals surface area contributed by atoms with Crippen molar-refractivity contribution in [2.75, 3.05) is 20.6 Å². The van der Waals surface area contributed by atoms with E-state index in [1.807, 2.05) is 12.1 Å². The Labute approximate surface area is 137 Å². The topological polar surface area (TPSA) is 15.3 Å². The summed E-state index contributed by atoms with van der Waals surface area (Å²) in [5.74, 6) is 0.732. The first kappa shape index (κ1) is 18.0. The van der Waals surface area contributed by atoms with Crippen LogP contribution in [-0.2, 0) is 6.54 Å². The van der Waals surface area contributed by atoms with Crippen LogP contribution in [-0.4, -0.2) is 31.6 Å². The summed E-state index contributed by atoms with van der Waals surface area (Å²) >= 11 is 9.71. The molecular weight excluding hydrogens is 336 g/mol. The first-order valence-corrected chi connectivity index (χ1v) is 8.47. The van der Waals surface area contributed by atoms with Crippen molar-refractivity contribution in [3.8, 4) is 0 Å². The Morgan fingerprint density at radius 3 is 2.45 bits per heavy atom. The smallest absolute Gasteiger partial charge is 0.0451 e. The number of nitrogens with zero attached hydrogens (tertiary/aromatic N) is 1. The minimum absolute atomic E-state index is 0.566. The molecule has 1 atom stereocenters. The summed E-state index contributed by atoms with van der Waals surface area (Å²) < 4.78 is 1.07. The summed E-state index contributed by atoms with van der Waals surface area (Å²) in [5.41, 5.74) is 1.14. The van der Waals surface area contributed by atoms with Crippen LogP contribution in [0.5, 0.6) is 0 Å². The van der Waals surface area contributed by atoms with E-state index < -0.39 is 0 Å². The van der Waals surface area contributed by atoms with E-state index in [1.165, 1.54) is 12.8 Å². The SMILES string of the molecule is CCC(CC)C(CNCc1cc(Br)ccc1Cl)N(C)C. The zero-order valence-corrected chi connectivity index (χ0v) is 15.3. The lowest BCUT2D eigenvalue weighted by atomic mass is 9.93. The molecule has 0 bridgehead atoms. The predicted octanol–water partition coefficient (Wildman–Crippen LogP) is 4.56. The molecule has 1 unspecified atom stereocenters. The van der Waals surface area contributed by atoms with E-state index in [4.69, 9.17) is 11.6 Å². The molecule has 0 amide bonds. The molecule has 1 aromatic carbocycles. The highest BCUT2D eigenvalue weighted by Gasteiger charge is 2.20. The molecule has 4 heteroatoms. The Morgan fingerprint density at radius 2 is 1.90 bits per heavy atom. The average Bonchev–Trinajstić information content (AvgIpc) is 2.41. The molecule has 0 saturated carbocycles. The molecule has 1 rings (SSSR count). The zero-order valence-electron chi connectivity index (χ0n) is 12.9. The molecule has 0 aliphatic carbocycles. The largest absolute Gasteiger partial charge is 0.311 e. The second-order valence-corrected chi connectivity index (χ2v) is 6.80. The van der Waals surface area contributed by atoms with E-state index in [1.54, 1.807) is 0 Å². The number of nitrogens with one attached hydrogen (secondary N) is 1. The zero-order chi connectivity index (χ0) is 15.1. The van der Waals surface area contributed by atoms with Gasteiger partial charge in [-0.25, -0.2) is 0 Å². The van der Waals surface area contributed by atoms with Crippen molar-refractivity contribution in [2.24, 2.45) is 5.92 Å². The van der Waals surface area contributed by atoms with Crippen molar-refractivity contribution in [2.45, 2.75) is 39.3 Å². The molecule has 0 spiro atoms. The summed E-state index contributed by atoms with van der Waals surface area (Å²) in [6.07, 6.45) is 2.44. The van der Waals surface area contributed by atoms with Gasteiger partial charge in [-0.3, -0.25) is 0 Å². The Bertz CT molecular complexity index is 405. The van der Waals surface area contributed by atoms with Crippen LogP contribution in [0.4, 0.5) is 0 Å². The Kier molecular flexibility index (Phi) is 8.11. The van der Waals surface area contributed by atoms with Gasteiger partial charge in [0.1, 0.15) is 0 Å². The van der Waals surface area contributed by atoms with E-state index in [2.05, 4.69) is 60.2 Å². The van der Waals surface area contributed by atoms with Crippen LogP contribution in [0.15, 0.2) is 22.7 Å². The van der Waals surface area contributed by atoms with E-state index in [9.17, 15) is 0 Å². The van der Waals surface area contributed by atoms with Gasteiger partial charge in [-0.2, -0.15) is 0 Å². The second kappa shape index (κ2) is 9.04. The van der Waals surface area contributed by atoms with Crippen molar-refractivity contribution in [1.82, 2.24) is 10.2 Å². The third-order valence-corrected chi connectivity index (χ3v) is 4.79. The summed E-state index contributed by atoms with van der Waals surface area (Å²) in [7, 11) is 4.33. The molecule has 1 aromatic rings. The molecule has 114 valence electrons. The third-order valence-electron chi connectivity index (χ3n) is 3.93. The Balaban J connectivity index is 2.58. The maximum Gasteiger partial charge on any atom is 0.0451 e. The third kappa shape index (κ3) is 5.36. The van der Waals surface area contributed by atoms with Crippen LogP contribution >= 0.6 is 27.5 Å². The normalized spacial score (nSPS) is 13.2. The maximum absolute atomic E-state index is 6.22. The van der Waals surface area contributed by atoms with Gasteiger partial charge in [0, 0.05) is 28.6 Å². The summed E-state index contributed by atoms with van der Waals surface area (Å²) in [5, 5.41) is 4.38. The number of halogens is 2. The van der Waals surface area contributed by atoms with Crippen molar-refractivity contribution in [3.63, 3.8) is 0 Å². The van der Waals surface area contributed by atoms with Crippen LogP contribution in [0.1, 0.15) is 32.3 Å². The molecule has 20 heavy (non-hydrogen) atoms. The fourth-order valence-corrected chi connectivity index (χ4v) is 3.23. The van der Waals surface area contributed by atoms with Gasteiger partial charge < -0.3 is 10.2 Å². The fraction of sp³-hybridized carbons (Fsp3) is 0.625. The van der Waals surface area contributed by atoms with Gasteiger partial charge in [-0.05, 0) is 43.8 Å². The van der Waals surface area contributed by atoms with Gasteiger partial charge in [0.05, 0.1) is 0 Å². The van der Waals surface area contributed by atoms with Gasteiger partial charge >= 0.3 is 0 Å².